The van der Waals surface area contributed by atoms with Crippen LogP contribution in [0.1, 0.15) is 22.7 Å². The maximum atomic E-state index is 14.4. The minimum Gasteiger partial charge on any atom is -0.492 e. The Morgan fingerprint density at radius 3 is 2.03 bits per heavy atom. The summed E-state index contributed by atoms with van der Waals surface area (Å²) in [6.07, 6.45) is -10.0. The summed E-state index contributed by atoms with van der Waals surface area (Å²) in [7, 11) is 0. The number of hydrogen-bond acceptors (Lipinski definition) is 3. The van der Waals surface area contributed by atoms with E-state index in [9.17, 15) is 35.1 Å². The van der Waals surface area contributed by atoms with Crippen molar-refractivity contribution in [1.29, 1.82) is 0 Å². The first-order valence-electron chi connectivity index (χ1n) is 9.28. The van der Waals surface area contributed by atoms with Gasteiger partial charge in [0, 0.05) is 31.7 Å². The van der Waals surface area contributed by atoms with E-state index in [2.05, 4.69) is 5.32 Å². The number of piperazine rings is 1. The Labute approximate surface area is 172 Å². The summed E-state index contributed by atoms with van der Waals surface area (Å²) in [6.45, 7) is 1.38. The average molecular weight is 454 g/mol. The van der Waals surface area contributed by atoms with Crippen molar-refractivity contribution in [3.8, 4) is 5.75 Å². The first kappa shape index (κ1) is 23.3. The molecule has 1 atom stereocenters. The highest BCUT2D eigenvalue weighted by molar-refractivity contribution is 5.37. The molecule has 1 N–H and O–H groups in total. The second-order valence-corrected chi connectivity index (χ2v) is 7.00. The minimum absolute atomic E-state index is 0.00706. The maximum absolute atomic E-state index is 14.4. The van der Waals surface area contributed by atoms with E-state index in [1.165, 1.54) is 12.1 Å². The number of benzene rings is 2. The second-order valence-electron chi connectivity index (χ2n) is 7.00. The molecule has 0 amide bonds. The Bertz CT molecular complexity index is 875. The predicted molar refractivity (Wildman–Crippen MR) is 95.5 cm³/mol. The molecule has 0 aromatic heterocycles. The predicted octanol–water partition coefficient (Wildman–Crippen LogP) is 5.03. The molecule has 3 rings (SSSR count). The third-order valence-corrected chi connectivity index (χ3v) is 4.90. The van der Waals surface area contributed by atoms with E-state index in [0.29, 0.717) is 38.3 Å². The van der Waals surface area contributed by atoms with Crippen molar-refractivity contribution in [2.45, 2.75) is 18.4 Å². The van der Waals surface area contributed by atoms with Crippen molar-refractivity contribution in [2.24, 2.45) is 0 Å². The molecule has 0 saturated carbocycles. The lowest BCUT2D eigenvalue weighted by Gasteiger charge is -2.35. The van der Waals surface area contributed by atoms with Crippen LogP contribution in [-0.4, -0.2) is 37.7 Å². The monoisotopic (exact) mass is 454 g/mol. The Morgan fingerprint density at radius 2 is 1.48 bits per heavy atom. The highest BCUT2D eigenvalue weighted by Gasteiger charge is 2.37. The van der Waals surface area contributed by atoms with Crippen molar-refractivity contribution in [1.82, 2.24) is 10.2 Å². The van der Waals surface area contributed by atoms with Crippen LogP contribution in [0.2, 0.25) is 0 Å². The van der Waals surface area contributed by atoms with Crippen LogP contribution < -0.4 is 10.1 Å². The fourth-order valence-corrected chi connectivity index (χ4v) is 3.35. The highest BCUT2D eigenvalue weighted by Crippen LogP contribution is 2.38. The first-order chi connectivity index (χ1) is 14.5. The normalized spacial score (nSPS) is 16.9. The molecule has 0 spiro atoms. The molecule has 0 radical (unpaired) electrons. The lowest BCUT2D eigenvalue weighted by atomic mass is 10.0. The van der Waals surface area contributed by atoms with Crippen LogP contribution in [0.5, 0.6) is 5.75 Å². The molecule has 1 saturated heterocycles. The van der Waals surface area contributed by atoms with Gasteiger partial charge in [0.05, 0.1) is 17.2 Å². The van der Waals surface area contributed by atoms with E-state index >= 15 is 0 Å². The third kappa shape index (κ3) is 5.65. The molecule has 2 aromatic carbocycles. The number of nitrogens with one attached hydrogen (secondary N) is 1. The van der Waals surface area contributed by atoms with Crippen molar-refractivity contribution >= 4 is 0 Å². The van der Waals surface area contributed by atoms with E-state index in [4.69, 9.17) is 4.74 Å². The van der Waals surface area contributed by atoms with Crippen LogP contribution in [0.3, 0.4) is 0 Å². The SMILES string of the molecule is Fc1cccc(C(COc2cc(C(F)(F)F)cc(C(F)(F)F)c2)N2CCNCC2)c1F. The topological polar surface area (TPSA) is 24.5 Å². The molecule has 11 heteroatoms. The highest BCUT2D eigenvalue weighted by atomic mass is 19.4. The van der Waals surface area contributed by atoms with Crippen LogP contribution >= 0.6 is 0 Å². The summed E-state index contributed by atoms with van der Waals surface area (Å²) in [4.78, 5) is 1.73. The average Bonchev–Trinajstić information content (AvgIpc) is 2.70. The van der Waals surface area contributed by atoms with Crippen molar-refractivity contribution in [3.05, 3.63) is 64.7 Å². The first-order valence-corrected chi connectivity index (χ1v) is 9.28. The Hall–Kier alpha value is -2.40. The third-order valence-electron chi connectivity index (χ3n) is 4.90. The van der Waals surface area contributed by atoms with Gasteiger partial charge in [-0.25, -0.2) is 8.78 Å². The van der Waals surface area contributed by atoms with Gasteiger partial charge < -0.3 is 10.1 Å². The van der Waals surface area contributed by atoms with Gasteiger partial charge in [-0.15, -0.1) is 0 Å². The van der Waals surface area contributed by atoms with E-state index in [1.807, 2.05) is 0 Å². The summed E-state index contributed by atoms with van der Waals surface area (Å²) < 4.78 is 112. The maximum Gasteiger partial charge on any atom is 0.416 e. The van der Waals surface area contributed by atoms with Crippen molar-refractivity contribution < 1.29 is 39.9 Å². The molecular formula is C20H18F8N2O. The number of rotatable bonds is 5. The molecule has 3 nitrogen and oxygen atoms in total. The van der Waals surface area contributed by atoms with E-state index < -0.39 is 53.5 Å². The van der Waals surface area contributed by atoms with Crippen LogP contribution in [-0.2, 0) is 12.4 Å². The fourth-order valence-electron chi connectivity index (χ4n) is 3.35. The standard InChI is InChI=1S/C20H18F8N2O/c21-16-3-1-2-15(18(16)22)17(30-6-4-29-5-7-30)11-31-14-9-12(19(23,24)25)8-13(10-14)20(26,27)28/h1-3,8-10,17,29H,4-7,11H2. The van der Waals surface area contributed by atoms with Gasteiger partial charge in [0.15, 0.2) is 11.6 Å². The van der Waals surface area contributed by atoms with Gasteiger partial charge >= 0.3 is 12.4 Å². The van der Waals surface area contributed by atoms with Crippen LogP contribution in [0.4, 0.5) is 35.1 Å². The van der Waals surface area contributed by atoms with Gasteiger partial charge in [-0.1, -0.05) is 12.1 Å². The van der Waals surface area contributed by atoms with Crippen molar-refractivity contribution in [2.75, 3.05) is 32.8 Å². The Kier molecular flexibility index (Phi) is 6.75. The van der Waals surface area contributed by atoms with Gasteiger partial charge in [-0.3, -0.25) is 4.90 Å². The molecule has 1 heterocycles. The van der Waals surface area contributed by atoms with Crippen molar-refractivity contribution in [3.63, 3.8) is 0 Å². The molecule has 1 unspecified atom stereocenters. The van der Waals surface area contributed by atoms with Gasteiger partial charge in [-0.05, 0) is 24.3 Å². The Morgan fingerprint density at radius 1 is 0.903 bits per heavy atom. The quantitative estimate of drug-likeness (QED) is 0.642. The summed E-state index contributed by atoms with van der Waals surface area (Å²) >= 11 is 0. The molecule has 1 aliphatic heterocycles. The summed E-state index contributed by atoms with van der Waals surface area (Å²) in [6, 6.07) is 3.47. The molecule has 0 aliphatic carbocycles. The molecular weight excluding hydrogens is 436 g/mol. The summed E-state index contributed by atoms with van der Waals surface area (Å²) in [5.41, 5.74) is -3.13. The van der Waals surface area contributed by atoms with Gasteiger partial charge in [0.2, 0.25) is 0 Å². The number of hydrogen-bond donors (Lipinski definition) is 1. The minimum atomic E-state index is -5.02. The Balaban J connectivity index is 1.93. The summed E-state index contributed by atoms with van der Waals surface area (Å²) in [5, 5.41) is 3.07. The zero-order chi connectivity index (χ0) is 22.8. The number of alkyl halides is 6. The second kappa shape index (κ2) is 8.99. The molecule has 1 fully saturated rings. The fraction of sp³-hybridized carbons (Fsp3) is 0.400. The van der Waals surface area contributed by atoms with Crippen LogP contribution in [0.15, 0.2) is 36.4 Å². The van der Waals surface area contributed by atoms with Gasteiger partial charge in [0.25, 0.3) is 0 Å². The van der Waals surface area contributed by atoms with Gasteiger partial charge in [-0.2, -0.15) is 26.3 Å². The lowest BCUT2D eigenvalue weighted by molar-refractivity contribution is -0.143. The number of ether oxygens (including phenoxy) is 1. The largest absolute Gasteiger partial charge is 0.492 e. The number of nitrogens with zero attached hydrogens (tertiary/aromatic N) is 1. The molecule has 170 valence electrons. The van der Waals surface area contributed by atoms with Gasteiger partial charge in [0.1, 0.15) is 12.4 Å². The zero-order valence-electron chi connectivity index (χ0n) is 16.0. The molecule has 1 aliphatic rings. The van der Waals surface area contributed by atoms with Crippen LogP contribution in [0, 0.1) is 11.6 Å². The van der Waals surface area contributed by atoms with E-state index in [0.717, 1.165) is 6.07 Å². The summed E-state index contributed by atoms with van der Waals surface area (Å²) in [5.74, 6) is -2.93. The molecule has 31 heavy (non-hydrogen) atoms. The van der Waals surface area contributed by atoms with Crippen LogP contribution in [0.25, 0.3) is 0 Å². The lowest BCUT2D eigenvalue weighted by Crippen LogP contribution is -2.46. The zero-order valence-corrected chi connectivity index (χ0v) is 16.0. The van der Waals surface area contributed by atoms with E-state index in [1.54, 1.807) is 4.90 Å². The van der Waals surface area contributed by atoms with E-state index in [-0.39, 0.29) is 11.6 Å². The molecule has 0 bridgehead atoms. The smallest absolute Gasteiger partial charge is 0.416 e. The molecule has 2 aromatic rings. The number of halogens is 8.